The third-order valence-electron chi connectivity index (χ3n) is 2.52. The summed E-state index contributed by atoms with van der Waals surface area (Å²) in [6.07, 6.45) is -0.622. The molecule has 0 bridgehead atoms. The second kappa shape index (κ2) is 6.67. The fourth-order valence-corrected chi connectivity index (χ4v) is 1.66. The number of carbonyl (C=O) groups is 1. The van der Waals surface area contributed by atoms with Crippen LogP contribution in [0, 0.1) is 5.82 Å². The number of hydrogen-bond donors (Lipinski definition) is 2. The van der Waals surface area contributed by atoms with Gasteiger partial charge in [-0.25, -0.2) is 15.1 Å². The Morgan fingerprint density at radius 1 is 1.45 bits per heavy atom. The Kier molecular flexibility index (Phi) is 5.47. The molecule has 20 heavy (non-hydrogen) atoms. The van der Waals surface area contributed by atoms with Gasteiger partial charge in [-0.2, -0.15) is 0 Å². The number of benzene rings is 1. The standard InChI is InChI=1S/C14H21FN2O3/c1-9(8-19-16)11-6-5-10(7-12(11)15)17-13(18)20-14(2,3)4/h5-7,9H,8,16H2,1-4H3,(H,17,18). The van der Waals surface area contributed by atoms with Crippen LogP contribution in [-0.2, 0) is 9.57 Å². The van der Waals surface area contributed by atoms with Gasteiger partial charge >= 0.3 is 6.09 Å². The molecule has 6 heteroatoms. The minimum absolute atomic E-state index is 0.171. The second-order valence-corrected chi connectivity index (χ2v) is 5.60. The smallest absolute Gasteiger partial charge is 0.412 e. The monoisotopic (exact) mass is 284 g/mol. The summed E-state index contributed by atoms with van der Waals surface area (Å²) >= 11 is 0. The molecule has 0 aliphatic carbocycles. The average Bonchev–Trinajstić information content (AvgIpc) is 2.26. The maximum atomic E-state index is 13.9. The normalized spacial score (nSPS) is 12.9. The molecular weight excluding hydrogens is 263 g/mol. The van der Waals surface area contributed by atoms with Crippen LogP contribution in [0.2, 0.25) is 0 Å². The molecule has 5 nitrogen and oxygen atoms in total. The van der Waals surface area contributed by atoms with E-state index in [0.717, 1.165) is 0 Å². The first-order valence-corrected chi connectivity index (χ1v) is 6.34. The summed E-state index contributed by atoms with van der Waals surface area (Å²) in [5, 5.41) is 2.48. The van der Waals surface area contributed by atoms with Gasteiger partial charge in [0.1, 0.15) is 11.4 Å². The van der Waals surface area contributed by atoms with E-state index in [1.54, 1.807) is 39.8 Å². The van der Waals surface area contributed by atoms with Crippen molar-refractivity contribution in [1.82, 2.24) is 0 Å². The van der Waals surface area contributed by atoms with Crippen molar-refractivity contribution >= 4 is 11.8 Å². The van der Waals surface area contributed by atoms with Crippen molar-refractivity contribution in [3.63, 3.8) is 0 Å². The summed E-state index contributed by atoms with van der Waals surface area (Å²) in [6.45, 7) is 7.28. The first-order chi connectivity index (χ1) is 9.23. The first kappa shape index (κ1) is 16.4. The van der Waals surface area contributed by atoms with Crippen molar-refractivity contribution in [3.05, 3.63) is 29.6 Å². The van der Waals surface area contributed by atoms with Crippen LogP contribution < -0.4 is 11.2 Å². The lowest BCUT2D eigenvalue weighted by molar-refractivity contribution is 0.0636. The lowest BCUT2D eigenvalue weighted by atomic mass is 10.0. The van der Waals surface area contributed by atoms with E-state index in [4.69, 9.17) is 10.6 Å². The van der Waals surface area contributed by atoms with Crippen LogP contribution in [0.1, 0.15) is 39.2 Å². The number of nitrogens with two attached hydrogens (primary N) is 1. The van der Waals surface area contributed by atoms with Gasteiger partial charge in [0, 0.05) is 11.6 Å². The predicted octanol–water partition coefficient (Wildman–Crippen LogP) is 3.17. The van der Waals surface area contributed by atoms with Gasteiger partial charge in [-0.1, -0.05) is 13.0 Å². The number of anilines is 1. The zero-order chi connectivity index (χ0) is 15.3. The number of halogens is 1. The number of hydrogen-bond acceptors (Lipinski definition) is 4. The van der Waals surface area contributed by atoms with Gasteiger partial charge in [0.15, 0.2) is 0 Å². The third kappa shape index (κ3) is 5.14. The van der Waals surface area contributed by atoms with E-state index >= 15 is 0 Å². The van der Waals surface area contributed by atoms with E-state index in [1.807, 2.05) is 0 Å². The number of rotatable bonds is 4. The lowest BCUT2D eigenvalue weighted by Crippen LogP contribution is -2.27. The summed E-state index contributed by atoms with van der Waals surface area (Å²) in [5.41, 5.74) is 0.210. The van der Waals surface area contributed by atoms with Gasteiger partial charge in [0.25, 0.3) is 0 Å². The highest BCUT2D eigenvalue weighted by Gasteiger charge is 2.17. The summed E-state index contributed by atoms with van der Waals surface area (Å²) in [7, 11) is 0. The first-order valence-electron chi connectivity index (χ1n) is 6.34. The zero-order valence-electron chi connectivity index (χ0n) is 12.2. The lowest BCUT2D eigenvalue weighted by Gasteiger charge is -2.20. The van der Waals surface area contributed by atoms with E-state index in [9.17, 15) is 9.18 Å². The third-order valence-corrected chi connectivity index (χ3v) is 2.52. The highest BCUT2D eigenvalue weighted by Crippen LogP contribution is 2.22. The van der Waals surface area contributed by atoms with E-state index in [1.165, 1.54) is 6.07 Å². The quantitative estimate of drug-likeness (QED) is 0.833. The summed E-state index contributed by atoms with van der Waals surface area (Å²) in [6, 6.07) is 4.44. The molecule has 0 radical (unpaired) electrons. The fourth-order valence-electron chi connectivity index (χ4n) is 1.66. The Labute approximate surface area is 118 Å². The minimum Gasteiger partial charge on any atom is -0.444 e. The van der Waals surface area contributed by atoms with E-state index in [-0.39, 0.29) is 12.5 Å². The largest absolute Gasteiger partial charge is 0.444 e. The zero-order valence-corrected chi connectivity index (χ0v) is 12.2. The molecule has 0 saturated carbocycles. The molecule has 3 N–H and O–H groups in total. The molecule has 1 aromatic carbocycles. The van der Waals surface area contributed by atoms with E-state index in [0.29, 0.717) is 11.3 Å². The maximum absolute atomic E-state index is 13.9. The summed E-state index contributed by atoms with van der Waals surface area (Å²) in [5.74, 6) is 4.38. The van der Waals surface area contributed by atoms with Gasteiger partial charge in [0.2, 0.25) is 0 Å². The molecule has 1 amide bonds. The molecule has 1 atom stereocenters. The molecule has 0 aromatic heterocycles. The Balaban J connectivity index is 2.75. The average molecular weight is 284 g/mol. The van der Waals surface area contributed by atoms with Crippen molar-refractivity contribution in [2.45, 2.75) is 39.2 Å². The topological polar surface area (TPSA) is 73.6 Å². The number of amides is 1. The van der Waals surface area contributed by atoms with Crippen LogP contribution in [-0.4, -0.2) is 18.3 Å². The van der Waals surface area contributed by atoms with Crippen LogP contribution in [0.5, 0.6) is 0 Å². The van der Waals surface area contributed by atoms with Gasteiger partial charge in [-0.15, -0.1) is 0 Å². The van der Waals surface area contributed by atoms with Crippen molar-refractivity contribution < 1.29 is 18.8 Å². The van der Waals surface area contributed by atoms with Gasteiger partial charge in [-0.3, -0.25) is 5.32 Å². The highest BCUT2D eigenvalue weighted by molar-refractivity contribution is 5.84. The SMILES string of the molecule is CC(CON)c1ccc(NC(=O)OC(C)(C)C)cc1F. The minimum atomic E-state index is -0.622. The van der Waals surface area contributed by atoms with Crippen LogP contribution in [0.15, 0.2) is 18.2 Å². The van der Waals surface area contributed by atoms with Crippen LogP contribution >= 0.6 is 0 Å². The summed E-state index contributed by atoms with van der Waals surface area (Å²) < 4.78 is 19.0. The van der Waals surface area contributed by atoms with Crippen LogP contribution in [0.25, 0.3) is 0 Å². The van der Waals surface area contributed by atoms with Gasteiger partial charge in [0.05, 0.1) is 6.61 Å². The number of nitrogens with one attached hydrogen (secondary N) is 1. The number of ether oxygens (including phenoxy) is 1. The van der Waals surface area contributed by atoms with Crippen molar-refractivity contribution in [3.8, 4) is 0 Å². The highest BCUT2D eigenvalue weighted by atomic mass is 19.1. The molecule has 1 unspecified atom stereocenters. The molecule has 0 heterocycles. The number of carbonyl (C=O) groups excluding carboxylic acids is 1. The van der Waals surface area contributed by atoms with Crippen molar-refractivity contribution in [2.75, 3.05) is 11.9 Å². The molecule has 1 rings (SSSR count). The predicted molar refractivity (Wildman–Crippen MR) is 74.8 cm³/mol. The van der Waals surface area contributed by atoms with Crippen molar-refractivity contribution in [1.29, 1.82) is 0 Å². The van der Waals surface area contributed by atoms with E-state index in [2.05, 4.69) is 10.2 Å². The Morgan fingerprint density at radius 2 is 2.10 bits per heavy atom. The Morgan fingerprint density at radius 3 is 2.60 bits per heavy atom. The van der Waals surface area contributed by atoms with E-state index < -0.39 is 17.5 Å². The molecule has 0 saturated heterocycles. The Hall–Kier alpha value is -1.66. The Bertz CT molecular complexity index is 472. The van der Waals surface area contributed by atoms with Gasteiger partial charge < -0.3 is 9.57 Å². The summed E-state index contributed by atoms with van der Waals surface area (Å²) in [4.78, 5) is 16.1. The molecule has 0 fully saturated rings. The van der Waals surface area contributed by atoms with Crippen LogP contribution in [0.3, 0.4) is 0 Å². The molecule has 112 valence electrons. The van der Waals surface area contributed by atoms with Crippen molar-refractivity contribution in [2.24, 2.45) is 5.90 Å². The maximum Gasteiger partial charge on any atom is 0.412 e. The molecule has 0 aliphatic rings. The van der Waals surface area contributed by atoms with Crippen LogP contribution in [0.4, 0.5) is 14.9 Å². The van der Waals surface area contributed by atoms with Gasteiger partial charge in [-0.05, 0) is 38.5 Å². The second-order valence-electron chi connectivity index (χ2n) is 5.60. The molecular formula is C14H21FN2O3. The fraction of sp³-hybridized carbons (Fsp3) is 0.500. The molecule has 1 aromatic rings. The molecule has 0 spiro atoms. The molecule has 0 aliphatic heterocycles.